The van der Waals surface area contributed by atoms with E-state index in [1.54, 1.807) is 10.7 Å². The van der Waals surface area contributed by atoms with E-state index in [1.165, 1.54) is 6.20 Å². The fourth-order valence-electron chi connectivity index (χ4n) is 3.81. The Labute approximate surface area is 132 Å². The molecule has 2 fully saturated rings. The Bertz CT molecular complexity index is 773. The lowest BCUT2D eigenvalue weighted by atomic mass is 9.67. The van der Waals surface area contributed by atoms with E-state index < -0.39 is 5.92 Å². The molecule has 0 radical (unpaired) electrons. The zero-order chi connectivity index (χ0) is 16.1. The average Bonchev–Trinajstić information content (AvgIpc) is 2.90. The van der Waals surface area contributed by atoms with E-state index >= 15 is 0 Å². The largest absolute Gasteiger partial charge is 0.298 e. The summed E-state index contributed by atoms with van der Waals surface area (Å²) in [5.74, 6) is -2.46. The van der Waals surface area contributed by atoms with Crippen molar-refractivity contribution in [1.82, 2.24) is 19.5 Å². The smallest absolute Gasteiger partial charge is 0.248 e. The number of fused-ring (bicyclic) bond motifs is 1. The van der Waals surface area contributed by atoms with Gasteiger partial charge in [0.1, 0.15) is 11.6 Å². The van der Waals surface area contributed by atoms with Crippen molar-refractivity contribution in [2.24, 2.45) is 5.41 Å². The van der Waals surface area contributed by atoms with E-state index in [4.69, 9.17) is 5.26 Å². The van der Waals surface area contributed by atoms with Crippen molar-refractivity contribution in [2.75, 3.05) is 13.1 Å². The van der Waals surface area contributed by atoms with Crippen molar-refractivity contribution in [3.05, 3.63) is 29.7 Å². The number of alkyl halides is 2. The van der Waals surface area contributed by atoms with Gasteiger partial charge in [-0.1, -0.05) is 0 Å². The summed E-state index contributed by atoms with van der Waals surface area (Å²) < 4.78 is 28.2. The summed E-state index contributed by atoms with van der Waals surface area (Å²) in [4.78, 5) is 6.56. The van der Waals surface area contributed by atoms with Crippen molar-refractivity contribution in [3.63, 3.8) is 0 Å². The van der Waals surface area contributed by atoms with Crippen molar-refractivity contribution in [2.45, 2.75) is 38.2 Å². The molecule has 2 aromatic heterocycles. The second kappa shape index (κ2) is 4.96. The molecule has 1 aliphatic carbocycles. The summed E-state index contributed by atoms with van der Waals surface area (Å²) in [6.45, 7) is 2.50. The van der Waals surface area contributed by atoms with Crippen molar-refractivity contribution >= 4 is 5.65 Å². The monoisotopic (exact) mass is 317 g/mol. The van der Waals surface area contributed by atoms with Crippen LogP contribution >= 0.6 is 0 Å². The van der Waals surface area contributed by atoms with Gasteiger partial charge in [-0.25, -0.2) is 18.3 Å². The number of hydrogen-bond acceptors (Lipinski definition) is 4. The number of hydrogen-bond donors (Lipinski definition) is 0. The quantitative estimate of drug-likeness (QED) is 0.854. The summed E-state index contributed by atoms with van der Waals surface area (Å²) in [5.41, 5.74) is 2.13. The van der Waals surface area contributed by atoms with Crippen molar-refractivity contribution in [1.29, 1.82) is 5.26 Å². The number of nitrogens with zero attached hydrogens (tertiary/aromatic N) is 5. The fourth-order valence-corrected chi connectivity index (χ4v) is 3.81. The molecule has 3 heterocycles. The van der Waals surface area contributed by atoms with E-state index in [-0.39, 0.29) is 18.3 Å². The third kappa shape index (κ3) is 2.57. The molecule has 7 heteroatoms. The highest BCUT2D eigenvalue weighted by Crippen LogP contribution is 2.48. The zero-order valence-corrected chi connectivity index (χ0v) is 12.7. The standard InChI is InChI=1S/C16H17F2N5/c17-16(18)3-1-15(2-4-16)10-22(11-15)8-12-6-20-14-13(5-19)7-21-23(14)9-12/h6-7,9H,1-4,8,10-11H2. The molecule has 0 unspecified atom stereocenters. The van der Waals surface area contributed by atoms with Crippen LogP contribution in [0.2, 0.25) is 0 Å². The van der Waals surface area contributed by atoms with Crippen LogP contribution in [-0.2, 0) is 6.54 Å². The maximum Gasteiger partial charge on any atom is 0.248 e. The molecule has 1 saturated heterocycles. The Morgan fingerprint density at radius 3 is 2.61 bits per heavy atom. The Hall–Kier alpha value is -2.07. The second-order valence-electron chi connectivity index (χ2n) is 6.90. The molecule has 0 amide bonds. The Morgan fingerprint density at radius 2 is 1.91 bits per heavy atom. The van der Waals surface area contributed by atoms with Crippen molar-refractivity contribution < 1.29 is 8.78 Å². The molecule has 4 rings (SSSR count). The van der Waals surface area contributed by atoms with Crippen LogP contribution in [0.4, 0.5) is 8.78 Å². The van der Waals surface area contributed by atoms with Gasteiger partial charge in [-0.2, -0.15) is 10.4 Å². The highest BCUT2D eigenvalue weighted by molar-refractivity contribution is 5.53. The van der Waals surface area contributed by atoms with Gasteiger partial charge in [0.2, 0.25) is 5.92 Å². The van der Waals surface area contributed by atoms with Gasteiger partial charge in [-0.15, -0.1) is 0 Å². The molecule has 1 spiro atoms. The summed E-state index contributed by atoms with van der Waals surface area (Å²) >= 11 is 0. The third-order valence-electron chi connectivity index (χ3n) is 5.10. The maximum atomic E-state index is 13.3. The van der Waals surface area contributed by atoms with E-state index in [9.17, 15) is 8.78 Å². The molecular formula is C16H17F2N5. The molecule has 23 heavy (non-hydrogen) atoms. The molecular weight excluding hydrogens is 300 g/mol. The van der Waals surface area contributed by atoms with Gasteiger partial charge in [0.05, 0.1) is 6.20 Å². The van der Waals surface area contributed by atoms with Crippen molar-refractivity contribution in [3.8, 4) is 6.07 Å². The summed E-state index contributed by atoms with van der Waals surface area (Å²) in [5, 5.41) is 13.1. The van der Waals surface area contributed by atoms with Crippen LogP contribution in [0.1, 0.15) is 36.8 Å². The molecule has 0 bridgehead atoms. The van der Waals surface area contributed by atoms with E-state index in [2.05, 4.69) is 21.1 Å². The minimum absolute atomic E-state index is 0.0264. The molecule has 120 valence electrons. The lowest BCUT2D eigenvalue weighted by Crippen LogP contribution is -2.57. The first kappa shape index (κ1) is 14.5. The lowest BCUT2D eigenvalue weighted by Gasteiger charge is -2.53. The summed E-state index contributed by atoms with van der Waals surface area (Å²) in [6, 6.07) is 2.06. The van der Waals surface area contributed by atoms with Gasteiger partial charge in [-0.05, 0) is 18.3 Å². The average molecular weight is 317 g/mol. The van der Waals surface area contributed by atoms with Gasteiger partial charge >= 0.3 is 0 Å². The molecule has 1 aliphatic heterocycles. The van der Waals surface area contributed by atoms with Crippen LogP contribution < -0.4 is 0 Å². The first-order valence-corrected chi connectivity index (χ1v) is 7.81. The number of aromatic nitrogens is 3. The topological polar surface area (TPSA) is 57.2 Å². The van der Waals surface area contributed by atoms with Crippen LogP contribution in [0, 0.1) is 16.7 Å². The molecule has 2 aliphatic rings. The Balaban J connectivity index is 1.40. The SMILES string of the molecule is N#Cc1cnn2cc(CN3CC4(CCC(F)(F)CC4)C3)cnc12. The highest BCUT2D eigenvalue weighted by Gasteiger charge is 2.49. The van der Waals surface area contributed by atoms with Crippen LogP contribution in [0.25, 0.3) is 5.65 Å². The summed E-state index contributed by atoms with van der Waals surface area (Å²) in [6.07, 6.45) is 6.45. The minimum atomic E-state index is -2.46. The van der Waals surface area contributed by atoms with Gasteiger partial charge in [0.15, 0.2) is 5.65 Å². The van der Waals surface area contributed by atoms with Crippen LogP contribution in [0.15, 0.2) is 18.6 Å². The van der Waals surface area contributed by atoms with Gasteiger partial charge in [0.25, 0.3) is 0 Å². The number of nitriles is 1. The van der Waals surface area contributed by atoms with E-state index in [0.717, 1.165) is 25.2 Å². The van der Waals surface area contributed by atoms with Crippen LogP contribution in [-0.4, -0.2) is 38.5 Å². The minimum Gasteiger partial charge on any atom is -0.298 e. The molecule has 0 aromatic carbocycles. The van der Waals surface area contributed by atoms with Gasteiger partial charge in [-0.3, -0.25) is 4.90 Å². The van der Waals surface area contributed by atoms with E-state index in [1.807, 2.05) is 6.20 Å². The lowest BCUT2D eigenvalue weighted by molar-refractivity contribution is -0.114. The highest BCUT2D eigenvalue weighted by atomic mass is 19.3. The van der Waals surface area contributed by atoms with Crippen LogP contribution in [0.5, 0.6) is 0 Å². The third-order valence-corrected chi connectivity index (χ3v) is 5.10. The second-order valence-corrected chi connectivity index (χ2v) is 6.90. The normalized spacial score (nSPS) is 22.8. The first-order chi connectivity index (χ1) is 11.0. The molecule has 0 atom stereocenters. The molecule has 2 aromatic rings. The van der Waals surface area contributed by atoms with Crippen LogP contribution in [0.3, 0.4) is 0 Å². The Kier molecular flexibility index (Phi) is 3.13. The molecule has 5 nitrogen and oxygen atoms in total. The first-order valence-electron chi connectivity index (χ1n) is 7.81. The number of halogens is 2. The molecule has 0 N–H and O–H groups in total. The van der Waals surface area contributed by atoms with Gasteiger partial charge in [0, 0.05) is 50.4 Å². The number of likely N-dealkylation sites (tertiary alicyclic amines) is 1. The number of rotatable bonds is 2. The maximum absolute atomic E-state index is 13.3. The fraction of sp³-hybridized carbons (Fsp3) is 0.562. The van der Waals surface area contributed by atoms with E-state index in [0.29, 0.717) is 24.1 Å². The zero-order valence-electron chi connectivity index (χ0n) is 12.7. The Morgan fingerprint density at radius 1 is 1.17 bits per heavy atom. The molecule has 1 saturated carbocycles. The predicted octanol–water partition coefficient (Wildman–Crippen LogP) is 2.61. The van der Waals surface area contributed by atoms with Gasteiger partial charge < -0.3 is 0 Å². The predicted molar refractivity (Wildman–Crippen MR) is 78.8 cm³/mol. The summed E-state index contributed by atoms with van der Waals surface area (Å²) in [7, 11) is 0.